The van der Waals surface area contributed by atoms with E-state index in [0.29, 0.717) is 13.1 Å². The largest absolute Gasteiger partial charge is 0.321 e. The number of fused-ring (bicyclic) bond motifs is 1. The van der Waals surface area contributed by atoms with Crippen LogP contribution in [0.3, 0.4) is 0 Å². The van der Waals surface area contributed by atoms with Crippen LogP contribution in [0.25, 0.3) is 0 Å². The third kappa shape index (κ3) is 2.18. The van der Waals surface area contributed by atoms with Gasteiger partial charge in [-0.1, -0.05) is 13.8 Å². The van der Waals surface area contributed by atoms with Crippen LogP contribution in [0, 0.1) is 12.3 Å². The first-order valence-corrected chi connectivity index (χ1v) is 4.97. The van der Waals surface area contributed by atoms with Crippen molar-refractivity contribution in [1.29, 1.82) is 0 Å². The van der Waals surface area contributed by atoms with Crippen molar-refractivity contribution in [2.45, 2.75) is 26.9 Å². The van der Waals surface area contributed by atoms with E-state index in [1.807, 2.05) is 27.1 Å². The molecule has 1 amide bonds. The molecule has 0 atom stereocenters. The molecular weight excluding hydrogens is 190 g/mol. The fraction of sp³-hybridized carbons (Fsp3) is 0.455. The van der Waals surface area contributed by atoms with Gasteiger partial charge in [0.05, 0.1) is 18.8 Å². The molecule has 1 aliphatic heterocycles. The molecule has 1 aromatic heterocycles. The van der Waals surface area contributed by atoms with Crippen LogP contribution in [-0.2, 0) is 24.9 Å². The van der Waals surface area contributed by atoms with Crippen LogP contribution < -0.4 is 0 Å². The number of hydrogen-bond donors (Lipinski definition) is 0. The summed E-state index contributed by atoms with van der Waals surface area (Å²) in [5, 5.41) is 4.21. The van der Waals surface area contributed by atoms with Crippen molar-refractivity contribution in [2.24, 2.45) is 7.05 Å². The minimum atomic E-state index is -0.263. The highest BCUT2D eigenvalue weighted by atomic mass is 16.2. The van der Waals surface area contributed by atoms with Gasteiger partial charge in [0.2, 0.25) is 0 Å². The molecule has 0 unspecified atom stereocenters. The number of hydrogen-bond acceptors (Lipinski definition) is 2. The SMILES string of the molecule is C#CC(=O)N1Cc2cn(C)nc2C1.CC. The van der Waals surface area contributed by atoms with Crippen molar-refractivity contribution in [1.82, 2.24) is 14.7 Å². The van der Waals surface area contributed by atoms with Gasteiger partial charge in [0.1, 0.15) is 0 Å². The quantitative estimate of drug-likeness (QED) is 0.591. The lowest BCUT2D eigenvalue weighted by Crippen LogP contribution is -2.23. The first-order valence-electron chi connectivity index (χ1n) is 4.97. The topological polar surface area (TPSA) is 38.1 Å². The highest BCUT2D eigenvalue weighted by Gasteiger charge is 2.24. The molecule has 0 saturated heterocycles. The summed E-state index contributed by atoms with van der Waals surface area (Å²) in [5.41, 5.74) is 2.04. The number of aromatic nitrogens is 2. The van der Waals surface area contributed by atoms with E-state index < -0.39 is 0 Å². The van der Waals surface area contributed by atoms with E-state index in [9.17, 15) is 4.79 Å². The van der Waals surface area contributed by atoms with E-state index >= 15 is 0 Å². The molecule has 1 aliphatic rings. The van der Waals surface area contributed by atoms with Gasteiger partial charge in [-0.2, -0.15) is 5.10 Å². The maximum atomic E-state index is 11.1. The molecule has 0 aromatic carbocycles. The van der Waals surface area contributed by atoms with Crippen LogP contribution in [0.1, 0.15) is 25.1 Å². The fourth-order valence-electron chi connectivity index (χ4n) is 1.53. The van der Waals surface area contributed by atoms with Gasteiger partial charge in [-0.3, -0.25) is 9.48 Å². The summed E-state index contributed by atoms with van der Waals surface area (Å²) in [7, 11) is 1.87. The van der Waals surface area contributed by atoms with E-state index in [4.69, 9.17) is 6.42 Å². The lowest BCUT2D eigenvalue weighted by atomic mass is 10.3. The molecule has 0 aliphatic carbocycles. The van der Waals surface area contributed by atoms with Crippen LogP contribution in [0.2, 0.25) is 0 Å². The smallest absolute Gasteiger partial charge is 0.298 e. The Bertz CT molecular complexity index is 377. The maximum absolute atomic E-state index is 11.1. The third-order valence-electron chi connectivity index (χ3n) is 2.10. The second kappa shape index (κ2) is 4.65. The van der Waals surface area contributed by atoms with Gasteiger partial charge in [-0.05, 0) is 5.92 Å². The van der Waals surface area contributed by atoms with Crippen molar-refractivity contribution >= 4 is 5.91 Å². The normalized spacial score (nSPS) is 12.5. The van der Waals surface area contributed by atoms with Gasteiger partial charge < -0.3 is 4.90 Å². The number of nitrogens with zero attached hydrogens (tertiary/aromatic N) is 3. The summed E-state index contributed by atoms with van der Waals surface area (Å²) >= 11 is 0. The predicted molar refractivity (Wildman–Crippen MR) is 57.6 cm³/mol. The Morgan fingerprint density at radius 2 is 2.20 bits per heavy atom. The van der Waals surface area contributed by atoms with E-state index in [1.54, 1.807) is 9.58 Å². The van der Waals surface area contributed by atoms with Crippen molar-refractivity contribution in [2.75, 3.05) is 0 Å². The molecule has 4 heteroatoms. The van der Waals surface area contributed by atoms with E-state index in [0.717, 1.165) is 11.3 Å². The molecule has 15 heavy (non-hydrogen) atoms. The Labute approximate surface area is 89.9 Å². The highest BCUT2D eigenvalue weighted by Crippen LogP contribution is 2.20. The average molecular weight is 205 g/mol. The third-order valence-corrected chi connectivity index (χ3v) is 2.10. The number of amides is 1. The summed E-state index contributed by atoms with van der Waals surface area (Å²) in [6.07, 6.45) is 6.93. The summed E-state index contributed by atoms with van der Waals surface area (Å²) in [5.74, 6) is 1.84. The molecule has 0 spiro atoms. The average Bonchev–Trinajstić information content (AvgIpc) is 2.76. The van der Waals surface area contributed by atoms with Gasteiger partial charge in [-0.25, -0.2) is 0 Å². The molecule has 1 aromatic rings. The Kier molecular flexibility index (Phi) is 3.51. The predicted octanol–water partition coefficient (Wildman–Crippen LogP) is 0.922. The fourth-order valence-corrected chi connectivity index (χ4v) is 1.53. The monoisotopic (exact) mass is 205 g/mol. The highest BCUT2D eigenvalue weighted by molar-refractivity contribution is 5.93. The Morgan fingerprint density at radius 3 is 2.73 bits per heavy atom. The summed E-state index contributed by atoms with van der Waals surface area (Å²) in [4.78, 5) is 12.7. The van der Waals surface area contributed by atoms with Crippen LogP contribution in [0.15, 0.2) is 6.20 Å². The first-order chi connectivity index (χ1) is 7.20. The van der Waals surface area contributed by atoms with Gasteiger partial charge in [0, 0.05) is 18.8 Å². The molecule has 0 bridgehead atoms. The second-order valence-electron chi connectivity index (χ2n) is 3.08. The minimum Gasteiger partial charge on any atom is -0.321 e. The number of terminal acetylenes is 1. The minimum absolute atomic E-state index is 0.263. The van der Waals surface area contributed by atoms with Crippen LogP contribution in [0.4, 0.5) is 0 Å². The number of carbonyl (C=O) groups is 1. The Hall–Kier alpha value is -1.76. The van der Waals surface area contributed by atoms with Crippen molar-refractivity contribution < 1.29 is 4.79 Å². The molecule has 0 radical (unpaired) electrons. The lowest BCUT2D eigenvalue weighted by Gasteiger charge is -2.10. The van der Waals surface area contributed by atoms with Gasteiger partial charge >= 0.3 is 0 Å². The van der Waals surface area contributed by atoms with E-state index in [1.165, 1.54) is 0 Å². The number of carbonyl (C=O) groups excluding carboxylic acids is 1. The van der Waals surface area contributed by atoms with E-state index in [2.05, 4.69) is 11.0 Å². The Morgan fingerprint density at radius 1 is 1.53 bits per heavy atom. The molecule has 4 nitrogen and oxygen atoms in total. The lowest BCUT2D eigenvalue weighted by molar-refractivity contribution is -0.125. The standard InChI is InChI=1S/C9H9N3O.C2H6/c1-3-9(13)12-5-7-4-11(2)10-8(7)6-12;1-2/h1,4H,5-6H2,2H3;1-2H3. The number of aryl methyl sites for hydroxylation is 1. The molecule has 2 heterocycles. The van der Waals surface area contributed by atoms with Crippen LogP contribution >= 0.6 is 0 Å². The molecule has 0 N–H and O–H groups in total. The summed E-state index contributed by atoms with van der Waals surface area (Å²) < 4.78 is 1.75. The number of rotatable bonds is 0. The Balaban J connectivity index is 0.000000531. The summed E-state index contributed by atoms with van der Waals surface area (Å²) in [6.45, 7) is 5.13. The zero-order chi connectivity index (χ0) is 11.4. The molecule has 0 fully saturated rings. The maximum Gasteiger partial charge on any atom is 0.298 e. The van der Waals surface area contributed by atoms with Gasteiger partial charge in [0.25, 0.3) is 5.91 Å². The van der Waals surface area contributed by atoms with Crippen molar-refractivity contribution in [3.63, 3.8) is 0 Å². The van der Waals surface area contributed by atoms with E-state index in [-0.39, 0.29) is 5.91 Å². The first kappa shape index (κ1) is 11.3. The zero-order valence-electron chi connectivity index (χ0n) is 9.32. The van der Waals surface area contributed by atoms with Crippen LogP contribution in [0.5, 0.6) is 0 Å². The van der Waals surface area contributed by atoms with Crippen molar-refractivity contribution in [3.8, 4) is 12.3 Å². The second-order valence-corrected chi connectivity index (χ2v) is 3.08. The molecular formula is C11H15N3O. The molecule has 2 rings (SSSR count). The van der Waals surface area contributed by atoms with Gasteiger partial charge in [0.15, 0.2) is 0 Å². The van der Waals surface area contributed by atoms with Gasteiger partial charge in [-0.15, -0.1) is 6.42 Å². The molecule has 0 saturated carbocycles. The zero-order valence-corrected chi connectivity index (χ0v) is 9.32. The van der Waals surface area contributed by atoms with Crippen molar-refractivity contribution in [3.05, 3.63) is 17.5 Å². The van der Waals surface area contributed by atoms with Crippen LogP contribution in [-0.4, -0.2) is 20.6 Å². The molecule has 80 valence electrons. The summed E-state index contributed by atoms with van der Waals surface area (Å²) in [6, 6.07) is 0.